The number of unbranched alkanes of at least 4 members (excludes halogenated alkanes) is 3. The summed E-state index contributed by atoms with van der Waals surface area (Å²) in [6, 6.07) is 10.8. The second kappa shape index (κ2) is 13.5. The minimum atomic E-state index is -0.298. The van der Waals surface area contributed by atoms with Crippen molar-refractivity contribution in [3.8, 4) is 11.4 Å². The molecule has 3 aromatic rings. The monoisotopic (exact) mass is 533 g/mol. The molecule has 3 heterocycles. The van der Waals surface area contributed by atoms with Gasteiger partial charge in [-0.3, -0.25) is 14.9 Å². The van der Waals surface area contributed by atoms with Gasteiger partial charge in [-0.25, -0.2) is 20.1 Å². The van der Waals surface area contributed by atoms with E-state index in [9.17, 15) is 4.79 Å². The predicted octanol–water partition coefficient (Wildman–Crippen LogP) is 4.17. The highest BCUT2D eigenvalue weighted by Crippen LogP contribution is 2.29. The van der Waals surface area contributed by atoms with Gasteiger partial charge in [-0.15, -0.1) is 5.10 Å². The molecule has 2 fully saturated rings. The highest BCUT2D eigenvalue weighted by Gasteiger charge is 2.19. The first-order valence-electron chi connectivity index (χ1n) is 14.2. The van der Waals surface area contributed by atoms with Gasteiger partial charge in [-0.1, -0.05) is 30.9 Å². The van der Waals surface area contributed by atoms with E-state index in [1.54, 1.807) is 11.7 Å². The molecule has 2 aliphatic rings. The van der Waals surface area contributed by atoms with E-state index >= 15 is 0 Å². The first kappa shape index (κ1) is 27.0. The van der Waals surface area contributed by atoms with Gasteiger partial charge in [0, 0.05) is 50.2 Å². The summed E-state index contributed by atoms with van der Waals surface area (Å²) < 4.78 is 1.99. The SMILES string of the molecule is O=C(CCCCCCN1CCN(c2ccc(Nc3nccc(-c4cn(C5CCCC5)nn4)n3)cc2)CC1)NO. The fraction of sp³-hybridized carbons (Fsp3) is 0.536. The second-order valence-corrected chi connectivity index (χ2v) is 10.5. The van der Waals surface area contributed by atoms with Crippen molar-refractivity contribution >= 4 is 23.2 Å². The van der Waals surface area contributed by atoms with Crippen molar-refractivity contribution in [3.63, 3.8) is 0 Å². The van der Waals surface area contributed by atoms with Crippen molar-refractivity contribution in [2.45, 2.75) is 63.8 Å². The number of piperazine rings is 1. The van der Waals surface area contributed by atoms with Crippen LogP contribution >= 0.6 is 0 Å². The Kier molecular flexibility index (Phi) is 9.34. The summed E-state index contributed by atoms with van der Waals surface area (Å²) in [4.78, 5) is 25.1. The quantitative estimate of drug-likeness (QED) is 0.179. The van der Waals surface area contributed by atoms with Gasteiger partial charge >= 0.3 is 0 Å². The Morgan fingerprint density at radius 2 is 1.72 bits per heavy atom. The lowest BCUT2D eigenvalue weighted by atomic mass is 10.1. The molecule has 0 atom stereocenters. The second-order valence-electron chi connectivity index (χ2n) is 10.5. The summed E-state index contributed by atoms with van der Waals surface area (Å²) in [5.74, 6) is 0.245. The van der Waals surface area contributed by atoms with Crippen LogP contribution in [0.25, 0.3) is 11.4 Å². The Hall–Kier alpha value is -3.57. The normalized spacial score (nSPS) is 16.5. The van der Waals surface area contributed by atoms with Crippen molar-refractivity contribution in [2.24, 2.45) is 0 Å². The molecule has 0 unspecified atom stereocenters. The zero-order valence-corrected chi connectivity index (χ0v) is 22.5. The molecule has 1 saturated carbocycles. The summed E-state index contributed by atoms with van der Waals surface area (Å²) in [6.45, 7) is 5.23. The fourth-order valence-electron chi connectivity index (χ4n) is 5.45. The summed E-state index contributed by atoms with van der Waals surface area (Å²) in [5.41, 5.74) is 5.39. The molecular formula is C28H39N9O2. The molecule has 1 aliphatic carbocycles. The zero-order valence-electron chi connectivity index (χ0n) is 22.5. The standard InChI is InChI=1S/C28H39N9O2/c38-27(33-39)9-3-1-2-6-16-35-17-19-36(20-18-35)23-12-10-22(11-13-23)30-28-29-15-14-25(31-28)26-21-37(34-32-26)24-7-4-5-8-24/h10-15,21,24,39H,1-9,16-20H2,(H,33,38)(H,29,30,31). The van der Waals surface area contributed by atoms with E-state index in [1.807, 2.05) is 16.9 Å². The van der Waals surface area contributed by atoms with Crippen LogP contribution in [0, 0.1) is 0 Å². The molecule has 1 aromatic carbocycles. The third-order valence-corrected chi connectivity index (χ3v) is 7.74. The number of carbonyl (C=O) groups is 1. The summed E-state index contributed by atoms with van der Waals surface area (Å²) in [7, 11) is 0. The molecule has 1 amide bonds. The lowest BCUT2D eigenvalue weighted by Crippen LogP contribution is -2.46. The average molecular weight is 534 g/mol. The molecule has 11 nitrogen and oxygen atoms in total. The third-order valence-electron chi connectivity index (χ3n) is 7.74. The van der Waals surface area contributed by atoms with Gasteiger partial charge in [0.05, 0.1) is 17.9 Å². The van der Waals surface area contributed by atoms with Crippen molar-refractivity contribution < 1.29 is 10.0 Å². The van der Waals surface area contributed by atoms with Crippen LogP contribution in [0.3, 0.4) is 0 Å². The fourth-order valence-corrected chi connectivity index (χ4v) is 5.45. The van der Waals surface area contributed by atoms with Gasteiger partial charge in [0.1, 0.15) is 5.69 Å². The van der Waals surface area contributed by atoms with E-state index in [1.165, 1.54) is 31.4 Å². The van der Waals surface area contributed by atoms with E-state index in [0.717, 1.165) is 75.5 Å². The number of amides is 1. The van der Waals surface area contributed by atoms with Crippen LogP contribution in [0.2, 0.25) is 0 Å². The van der Waals surface area contributed by atoms with E-state index in [4.69, 9.17) is 5.21 Å². The van der Waals surface area contributed by atoms with Gasteiger partial charge in [-0.05, 0) is 62.6 Å². The van der Waals surface area contributed by atoms with E-state index in [0.29, 0.717) is 18.4 Å². The highest BCUT2D eigenvalue weighted by atomic mass is 16.5. The lowest BCUT2D eigenvalue weighted by molar-refractivity contribution is -0.129. The number of nitrogens with zero attached hydrogens (tertiary/aromatic N) is 7. The molecule has 0 spiro atoms. The van der Waals surface area contributed by atoms with Gasteiger partial charge in [0.25, 0.3) is 0 Å². The van der Waals surface area contributed by atoms with E-state index in [-0.39, 0.29) is 5.91 Å². The molecule has 1 aliphatic heterocycles. The number of hydrogen-bond donors (Lipinski definition) is 3. The van der Waals surface area contributed by atoms with Crippen molar-refractivity contribution in [2.75, 3.05) is 42.9 Å². The molecule has 0 bridgehead atoms. The van der Waals surface area contributed by atoms with Crippen LogP contribution in [0.15, 0.2) is 42.7 Å². The summed E-state index contributed by atoms with van der Waals surface area (Å²) in [5, 5.41) is 20.5. The van der Waals surface area contributed by atoms with Gasteiger partial charge in [0.15, 0.2) is 0 Å². The molecule has 39 heavy (non-hydrogen) atoms. The number of aromatic nitrogens is 5. The van der Waals surface area contributed by atoms with Gasteiger partial charge in [0.2, 0.25) is 11.9 Å². The maximum absolute atomic E-state index is 11.0. The molecule has 2 aromatic heterocycles. The van der Waals surface area contributed by atoms with Crippen LogP contribution in [0.1, 0.15) is 63.8 Å². The first-order chi connectivity index (χ1) is 19.2. The molecular weight excluding hydrogens is 494 g/mol. The van der Waals surface area contributed by atoms with E-state index in [2.05, 4.69) is 59.7 Å². The summed E-state index contributed by atoms with van der Waals surface area (Å²) >= 11 is 0. The minimum absolute atomic E-state index is 0.298. The Morgan fingerprint density at radius 1 is 0.949 bits per heavy atom. The predicted molar refractivity (Wildman–Crippen MR) is 150 cm³/mol. The van der Waals surface area contributed by atoms with Crippen LogP contribution < -0.4 is 15.7 Å². The number of carbonyl (C=O) groups excluding carboxylic acids is 1. The highest BCUT2D eigenvalue weighted by molar-refractivity contribution is 5.74. The van der Waals surface area contributed by atoms with E-state index < -0.39 is 0 Å². The first-order valence-corrected chi connectivity index (χ1v) is 14.2. The Bertz CT molecular complexity index is 1190. The lowest BCUT2D eigenvalue weighted by Gasteiger charge is -2.36. The van der Waals surface area contributed by atoms with Crippen LogP contribution in [-0.4, -0.2) is 73.7 Å². The molecule has 208 valence electrons. The van der Waals surface area contributed by atoms with Gasteiger partial charge < -0.3 is 10.2 Å². The third kappa shape index (κ3) is 7.51. The number of rotatable bonds is 12. The van der Waals surface area contributed by atoms with Crippen LogP contribution in [0.5, 0.6) is 0 Å². The smallest absolute Gasteiger partial charge is 0.243 e. The topological polar surface area (TPSA) is 124 Å². The van der Waals surface area contributed by atoms with Crippen molar-refractivity contribution in [3.05, 3.63) is 42.7 Å². The Balaban J connectivity index is 1.06. The number of hydrogen-bond acceptors (Lipinski definition) is 9. The molecule has 1 saturated heterocycles. The average Bonchev–Trinajstić information content (AvgIpc) is 3.69. The molecule has 0 radical (unpaired) electrons. The number of benzene rings is 1. The van der Waals surface area contributed by atoms with Crippen LogP contribution in [-0.2, 0) is 4.79 Å². The van der Waals surface area contributed by atoms with Crippen molar-refractivity contribution in [1.29, 1.82) is 0 Å². The maximum Gasteiger partial charge on any atom is 0.243 e. The zero-order chi connectivity index (χ0) is 26.9. The van der Waals surface area contributed by atoms with Gasteiger partial charge in [-0.2, -0.15) is 0 Å². The largest absolute Gasteiger partial charge is 0.369 e. The number of hydroxylamine groups is 1. The summed E-state index contributed by atoms with van der Waals surface area (Å²) in [6.07, 6.45) is 13.1. The Labute approximate surface area is 229 Å². The Morgan fingerprint density at radius 3 is 2.49 bits per heavy atom. The maximum atomic E-state index is 11.0. The van der Waals surface area contributed by atoms with Crippen molar-refractivity contribution in [1.82, 2.24) is 35.3 Å². The number of nitrogens with one attached hydrogen (secondary N) is 2. The molecule has 3 N–H and O–H groups in total. The van der Waals surface area contributed by atoms with Crippen LogP contribution in [0.4, 0.5) is 17.3 Å². The molecule has 11 heteroatoms. The molecule has 5 rings (SSSR count). The number of anilines is 3. The minimum Gasteiger partial charge on any atom is -0.369 e.